The molecular formula is C12H10BrI. The van der Waals surface area contributed by atoms with Gasteiger partial charge in [0.25, 0.3) is 0 Å². The van der Waals surface area contributed by atoms with Crippen molar-refractivity contribution in [2.45, 2.75) is 9.84 Å². The van der Waals surface area contributed by atoms with Gasteiger partial charge < -0.3 is 0 Å². The van der Waals surface area contributed by atoms with Gasteiger partial charge in [-0.15, -0.1) is 0 Å². The van der Waals surface area contributed by atoms with Gasteiger partial charge in [0.1, 0.15) is 0 Å². The molecule has 0 spiro atoms. The fourth-order valence-electron chi connectivity index (χ4n) is 1.52. The van der Waals surface area contributed by atoms with Crippen LogP contribution in [0.25, 0.3) is 0 Å². The summed E-state index contributed by atoms with van der Waals surface area (Å²) in [4.78, 5) is 0. The SMILES string of the molecule is BrC1=CCC(I)(c2ccccc2)C=C1. The summed E-state index contributed by atoms with van der Waals surface area (Å²) in [5.41, 5.74) is 1.37. The maximum atomic E-state index is 3.48. The molecule has 1 aliphatic rings. The van der Waals surface area contributed by atoms with Crippen LogP contribution < -0.4 is 0 Å². The van der Waals surface area contributed by atoms with E-state index in [2.05, 4.69) is 87.1 Å². The second-order valence-electron chi connectivity index (χ2n) is 3.35. The Kier molecular flexibility index (Phi) is 3.12. The average molecular weight is 361 g/mol. The van der Waals surface area contributed by atoms with Crippen molar-refractivity contribution >= 4 is 38.5 Å². The molecule has 0 radical (unpaired) electrons. The molecule has 0 heterocycles. The van der Waals surface area contributed by atoms with Gasteiger partial charge in [0.2, 0.25) is 0 Å². The van der Waals surface area contributed by atoms with Gasteiger partial charge in [0.05, 0.1) is 3.42 Å². The van der Waals surface area contributed by atoms with E-state index in [4.69, 9.17) is 0 Å². The summed E-state index contributed by atoms with van der Waals surface area (Å²) in [6.45, 7) is 0. The zero-order valence-corrected chi connectivity index (χ0v) is 11.3. The Labute approximate surface area is 106 Å². The largest absolute Gasteiger partial charge is 0.0687 e. The molecule has 0 aliphatic heterocycles. The first-order valence-electron chi connectivity index (χ1n) is 4.50. The van der Waals surface area contributed by atoms with Crippen molar-refractivity contribution in [2.24, 2.45) is 0 Å². The Morgan fingerprint density at radius 1 is 1.21 bits per heavy atom. The van der Waals surface area contributed by atoms with E-state index in [0.717, 1.165) is 6.42 Å². The third kappa shape index (κ3) is 2.11. The van der Waals surface area contributed by atoms with Crippen LogP contribution >= 0.6 is 38.5 Å². The number of rotatable bonds is 1. The lowest BCUT2D eigenvalue weighted by molar-refractivity contribution is 0.817. The molecule has 1 aliphatic carbocycles. The fourth-order valence-corrected chi connectivity index (χ4v) is 2.58. The van der Waals surface area contributed by atoms with Crippen LogP contribution in [0.5, 0.6) is 0 Å². The van der Waals surface area contributed by atoms with Crippen LogP contribution in [0.2, 0.25) is 0 Å². The molecule has 14 heavy (non-hydrogen) atoms. The lowest BCUT2D eigenvalue weighted by atomic mass is 9.92. The number of halogens is 2. The van der Waals surface area contributed by atoms with Crippen LogP contribution in [0, 0.1) is 0 Å². The number of hydrogen-bond donors (Lipinski definition) is 0. The van der Waals surface area contributed by atoms with Gasteiger partial charge in [-0.1, -0.05) is 87.1 Å². The molecule has 0 N–H and O–H groups in total. The molecule has 0 saturated heterocycles. The molecule has 2 rings (SSSR count). The summed E-state index contributed by atoms with van der Waals surface area (Å²) in [5, 5.41) is 0. The summed E-state index contributed by atoms with van der Waals surface area (Å²) in [6.07, 6.45) is 7.66. The molecule has 0 saturated carbocycles. The molecule has 1 aromatic rings. The van der Waals surface area contributed by atoms with Crippen LogP contribution in [-0.4, -0.2) is 0 Å². The first-order chi connectivity index (χ1) is 6.71. The Balaban J connectivity index is 2.32. The number of benzene rings is 1. The Morgan fingerprint density at radius 2 is 1.93 bits per heavy atom. The van der Waals surface area contributed by atoms with E-state index in [1.54, 1.807) is 0 Å². The first-order valence-corrected chi connectivity index (χ1v) is 6.37. The smallest absolute Gasteiger partial charge is 0.0687 e. The van der Waals surface area contributed by atoms with Gasteiger partial charge in [0.15, 0.2) is 0 Å². The average Bonchev–Trinajstić information content (AvgIpc) is 2.24. The van der Waals surface area contributed by atoms with Gasteiger partial charge >= 0.3 is 0 Å². The minimum absolute atomic E-state index is 0.135. The van der Waals surface area contributed by atoms with E-state index in [9.17, 15) is 0 Å². The highest BCUT2D eigenvalue weighted by Gasteiger charge is 2.26. The molecule has 1 aromatic carbocycles. The highest BCUT2D eigenvalue weighted by molar-refractivity contribution is 14.1. The third-order valence-corrected chi connectivity index (χ3v) is 4.37. The van der Waals surface area contributed by atoms with Crippen LogP contribution in [0.4, 0.5) is 0 Å². The van der Waals surface area contributed by atoms with Gasteiger partial charge in [0, 0.05) is 4.48 Å². The summed E-state index contributed by atoms with van der Waals surface area (Å²) < 4.78 is 1.32. The molecule has 72 valence electrons. The van der Waals surface area contributed by atoms with Gasteiger partial charge in [-0.3, -0.25) is 0 Å². The molecule has 1 unspecified atom stereocenters. The van der Waals surface area contributed by atoms with Crippen LogP contribution in [0.1, 0.15) is 12.0 Å². The molecule has 0 fully saturated rings. The van der Waals surface area contributed by atoms with E-state index in [-0.39, 0.29) is 3.42 Å². The van der Waals surface area contributed by atoms with Crippen molar-refractivity contribution in [3.8, 4) is 0 Å². The van der Waals surface area contributed by atoms with Gasteiger partial charge in [-0.2, -0.15) is 0 Å². The Hall–Kier alpha value is -0.0900. The van der Waals surface area contributed by atoms with E-state index >= 15 is 0 Å². The van der Waals surface area contributed by atoms with Crippen molar-refractivity contribution < 1.29 is 0 Å². The van der Waals surface area contributed by atoms with Crippen molar-refractivity contribution in [1.29, 1.82) is 0 Å². The summed E-state index contributed by atoms with van der Waals surface area (Å²) in [5.74, 6) is 0. The molecule has 0 amide bonds. The minimum Gasteiger partial charge on any atom is -0.0687 e. The topological polar surface area (TPSA) is 0 Å². The number of hydrogen-bond acceptors (Lipinski definition) is 0. The van der Waals surface area contributed by atoms with Crippen molar-refractivity contribution in [1.82, 2.24) is 0 Å². The summed E-state index contributed by atoms with van der Waals surface area (Å²) in [6, 6.07) is 10.6. The zero-order valence-electron chi connectivity index (χ0n) is 7.58. The maximum Gasteiger partial charge on any atom is 0.0687 e. The predicted molar refractivity (Wildman–Crippen MR) is 72.9 cm³/mol. The molecule has 2 heteroatoms. The molecule has 0 aromatic heterocycles. The zero-order chi connectivity index (χ0) is 10.0. The third-order valence-electron chi connectivity index (χ3n) is 2.35. The lowest BCUT2D eigenvalue weighted by Crippen LogP contribution is -2.15. The Morgan fingerprint density at radius 3 is 2.50 bits per heavy atom. The number of alkyl halides is 1. The second-order valence-corrected chi connectivity index (χ2v) is 6.20. The van der Waals surface area contributed by atoms with Gasteiger partial charge in [-0.25, -0.2) is 0 Å². The second kappa shape index (κ2) is 4.19. The van der Waals surface area contributed by atoms with Crippen LogP contribution in [-0.2, 0) is 3.42 Å². The minimum atomic E-state index is 0.135. The van der Waals surface area contributed by atoms with Crippen LogP contribution in [0.15, 0.2) is 53.0 Å². The molecule has 0 nitrogen and oxygen atoms in total. The highest BCUT2D eigenvalue weighted by Crippen LogP contribution is 2.40. The fraction of sp³-hybridized carbons (Fsp3) is 0.167. The van der Waals surface area contributed by atoms with Crippen LogP contribution in [0.3, 0.4) is 0 Å². The molecule has 1 atom stereocenters. The Bertz CT molecular complexity index is 381. The molecule has 0 bridgehead atoms. The number of allylic oxidation sites excluding steroid dienone is 4. The monoisotopic (exact) mass is 360 g/mol. The van der Waals surface area contributed by atoms with E-state index in [1.807, 2.05) is 0 Å². The molecular weight excluding hydrogens is 351 g/mol. The lowest BCUT2D eigenvalue weighted by Gasteiger charge is -2.25. The first kappa shape index (κ1) is 10.4. The highest BCUT2D eigenvalue weighted by atomic mass is 127. The van der Waals surface area contributed by atoms with E-state index in [1.165, 1.54) is 10.0 Å². The predicted octanol–water partition coefficient (Wildman–Crippen LogP) is 4.56. The van der Waals surface area contributed by atoms with Crippen molar-refractivity contribution in [3.63, 3.8) is 0 Å². The summed E-state index contributed by atoms with van der Waals surface area (Å²) >= 11 is 6.00. The van der Waals surface area contributed by atoms with E-state index < -0.39 is 0 Å². The normalized spacial score (nSPS) is 26.0. The van der Waals surface area contributed by atoms with Gasteiger partial charge in [-0.05, 0) is 12.0 Å². The summed E-state index contributed by atoms with van der Waals surface area (Å²) in [7, 11) is 0. The standard InChI is InChI=1S/C12H10BrI/c13-11-6-8-12(14,9-7-11)10-4-2-1-3-5-10/h1-8H,9H2. The quantitative estimate of drug-likeness (QED) is 0.509. The van der Waals surface area contributed by atoms with Crippen molar-refractivity contribution in [2.75, 3.05) is 0 Å². The van der Waals surface area contributed by atoms with Crippen molar-refractivity contribution in [3.05, 3.63) is 58.6 Å². The maximum absolute atomic E-state index is 3.48. The van der Waals surface area contributed by atoms with E-state index in [0.29, 0.717) is 0 Å².